The van der Waals surface area contributed by atoms with Crippen LogP contribution >= 0.6 is 0 Å². The van der Waals surface area contributed by atoms with Gasteiger partial charge in [-0.25, -0.2) is 4.98 Å². The van der Waals surface area contributed by atoms with Crippen LogP contribution in [0.4, 0.5) is 0 Å². The maximum atomic E-state index is 12.0. The third kappa shape index (κ3) is 2.15. The lowest BCUT2D eigenvalue weighted by Crippen LogP contribution is -2.34. The molecule has 0 amide bonds. The molecule has 7 heteroatoms. The number of hydrogen-bond donors (Lipinski definition) is 2. The first-order valence-corrected chi connectivity index (χ1v) is 8.74. The summed E-state index contributed by atoms with van der Waals surface area (Å²) in [7, 11) is 0. The number of ether oxygens (including phenoxy) is 2. The van der Waals surface area contributed by atoms with E-state index >= 15 is 0 Å². The highest BCUT2D eigenvalue weighted by Gasteiger charge is 2.37. The van der Waals surface area contributed by atoms with Crippen LogP contribution in [0.2, 0.25) is 0 Å². The van der Waals surface area contributed by atoms with Gasteiger partial charge in [0.15, 0.2) is 17.3 Å². The number of aliphatic hydroxyl groups excluding tert-OH is 2. The van der Waals surface area contributed by atoms with Gasteiger partial charge >= 0.3 is 0 Å². The first-order chi connectivity index (χ1) is 13.0. The van der Waals surface area contributed by atoms with Gasteiger partial charge in [0.05, 0.1) is 23.5 Å². The standard InChI is InChI=1S/C20H18N2O5/c1-9-11(10(2)24)3-16-19-13(6-22(16)20(9)25)14(7-23)12-4-17-18(27-8-26-17)5-15(12)21-19/h3-5,20,23,25H,6-8H2,1-2H3. The molecule has 1 aromatic heterocycles. The van der Waals surface area contributed by atoms with Crippen LogP contribution in [0.3, 0.4) is 0 Å². The normalized spacial score (nSPS) is 20.1. The minimum atomic E-state index is -0.899. The zero-order chi connectivity index (χ0) is 18.9. The first-order valence-electron chi connectivity index (χ1n) is 8.74. The van der Waals surface area contributed by atoms with Crippen LogP contribution in [-0.2, 0) is 17.9 Å². The Morgan fingerprint density at radius 1 is 1.33 bits per heavy atom. The molecule has 0 saturated carbocycles. The molecule has 3 aliphatic rings. The van der Waals surface area contributed by atoms with Gasteiger partial charge in [0.1, 0.15) is 6.23 Å². The van der Waals surface area contributed by atoms with Crippen molar-refractivity contribution in [3.05, 3.63) is 46.2 Å². The number of rotatable bonds is 2. The number of hydrogen-bond acceptors (Lipinski definition) is 7. The Labute approximate surface area is 155 Å². The van der Waals surface area contributed by atoms with Crippen LogP contribution < -0.4 is 9.47 Å². The summed E-state index contributed by atoms with van der Waals surface area (Å²) < 4.78 is 10.9. The zero-order valence-electron chi connectivity index (χ0n) is 14.9. The number of ketones is 1. The van der Waals surface area contributed by atoms with E-state index in [9.17, 15) is 15.0 Å². The van der Waals surface area contributed by atoms with Gasteiger partial charge in [0, 0.05) is 29.1 Å². The lowest BCUT2D eigenvalue weighted by Gasteiger charge is -2.31. The fourth-order valence-corrected chi connectivity index (χ4v) is 4.09. The third-order valence-corrected chi connectivity index (χ3v) is 5.50. The van der Waals surface area contributed by atoms with Gasteiger partial charge < -0.3 is 24.6 Å². The smallest absolute Gasteiger partial charge is 0.231 e. The topological polar surface area (TPSA) is 92.1 Å². The minimum absolute atomic E-state index is 0.0984. The van der Waals surface area contributed by atoms with E-state index in [0.717, 1.165) is 16.5 Å². The molecule has 0 radical (unpaired) electrons. The van der Waals surface area contributed by atoms with Crippen molar-refractivity contribution in [2.24, 2.45) is 0 Å². The van der Waals surface area contributed by atoms with Gasteiger partial charge in [-0.15, -0.1) is 0 Å². The van der Waals surface area contributed by atoms with Gasteiger partial charge in [-0.05, 0) is 37.1 Å². The minimum Gasteiger partial charge on any atom is -0.454 e. The van der Waals surface area contributed by atoms with E-state index in [2.05, 4.69) is 0 Å². The lowest BCUT2D eigenvalue weighted by atomic mass is 9.98. The summed E-state index contributed by atoms with van der Waals surface area (Å²) in [4.78, 5) is 18.6. The number of benzene rings is 1. The van der Waals surface area contributed by atoms with Crippen molar-refractivity contribution in [2.75, 3.05) is 6.79 Å². The molecule has 0 saturated heterocycles. The molecular weight excluding hydrogens is 348 g/mol. The van der Waals surface area contributed by atoms with Crippen LogP contribution in [0.1, 0.15) is 30.7 Å². The summed E-state index contributed by atoms with van der Waals surface area (Å²) in [5.41, 5.74) is 4.77. The fraction of sp³-hybridized carbons (Fsp3) is 0.300. The van der Waals surface area contributed by atoms with E-state index < -0.39 is 6.23 Å². The van der Waals surface area contributed by atoms with Crippen molar-refractivity contribution in [3.8, 4) is 11.5 Å². The molecule has 1 aromatic carbocycles. The molecule has 138 valence electrons. The van der Waals surface area contributed by atoms with Gasteiger partial charge in [-0.3, -0.25) is 4.79 Å². The van der Waals surface area contributed by atoms with Gasteiger partial charge in [0.2, 0.25) is 6.79 Å². The van der Waals surface area contributed by atoms with Crippen LogP contribution in [0.25, 0.3) is 16.6 Å². The van der Waals surface area contributed by atoms with Crippen molar-refractivity contribution in [1.29, 1.82) is 0 Å². The summed E-state index contributed by atoms with van der Waals surface area (Å²) >= 11 is 0. The largest absolute Gasteiger partial charge is 0.454 e. The Balaban J connectivity index is 1.77. The lowest BCUT2D eigenvalue weighted by molar-refractivity contribution is -0.113. The summed E-state index contributed by atoms with van der Waals surface area (Å²) in [6.45, 7) is 3.66. The first kappa shape index (κ1) is 16.3. The molecule has 1 atom stereocenters. The Morgan fingerprint density at radius 2 is 2.07 bits per heavy atom. The van der Waals surface area contributed by atoms with Crippen LogP contribution in [0, 0.1) is 0 Å². The second-order valence-corrected chi connectivity index (χ2v) is 6.98. The van der Waals surface area contributed by atoms with E-state index in [-0.39, 0.29) is 19.2 Å². The summed E-state index contributed by atoms with van der Waals surface area (Å²) in [5, 5.41) is 21.6. The second-order valence-electron chi connectivity index (χ2n) is 6.98. The van der Waals surface area contributed by atoms with Gasteiger partial charge in [-0.1, -0.05) is 0 Å². The molecule has 1 unspecified atom stereocenters. The number of aliphatic hydroxyl groups is 2. The number of Topliss-reactive ketones (excluding diaryl/α,β-unsaturated/α-hetero) is 1. The maximum absolute atomic E-state index is 12.0. The number of fused-ring (bicyclic) bond motifs is 5. The van der Waals surface area contributed by atoms with Crippen molar-refractivity contribution in [2.45, 2.75) is 33.2 Å². The highest BCUT2D eigenvalue weighted by molar-refractivity contribution is 6.00. The van der Waals surface area contributed by atoms with E-state index in [1.54, 1.807) is 24.0 Å². The van der Waals surface area contributed by atoms with Gasteiger partial charge in [-0.2, -0.15) is 0 Å². The quantitative estimate of drug-likeness (QED) is 0.838. The van der Waals surface area contributed by atoms with E-state index in [1.807, 2.05) is 6.07 Å². The Kier molecular flexibility index (Phi) is 3.35. The fourth-order valence-electron chi connectivity index (χ4n) is 4.09. The number of aromatic nitrogens is 1. The van der Waals surface area contributed by atoms with Crippen LogP contribution in [0.15, 0.2) is 29.4 Å². The summed E-state index contributed by atoms with van der Waals surface area (Å²) in [5.74, 6) is 1.15. The molecule has 2 aromatic rings. The summed E-state index contributed by atoms with van der Waals surface area (Å²) in [6.07, 6.45) is 0.882. The number of carbonyl (C=O) groups excluding carboxylic acids is 1. The predicted octanol–water partition coefficient (Wildman–Crippen LogP) is 1.85. The Morgan fingerprint density at radius 3 is 2.78 bits per heavy atom. The molecule has 3 aliphatic heterocycles. The molecule has 0 aliphatic carbocycles. The zero-order valence-corrected chi connectivity index (χ0v) is 14.9. The molecule has 0 fully saturated rings. The molecule has 5 rings (SSSR count). The Bertz CT molecular complexity index is 1090. The average molecular weight is 366 g/mol. The van der Waals surface area contributed by atoms with Crippen molar-refractivity contribution in [3.63, 3.8) is 0 Å². The van der Waals surface area contributed by atoms with Crippen molar-refractivity contribution < 1.29 is 24.5 Å². The summed E-state index contributed by atoms with van der Waals surface area (Å²) in [6, 6.07) is 3.63. The molecule has 27 heavy (non-hydrogen) atoms. The van der Waals surface area contributed by atoms with E-state index in [4.69, 9.17) is 14.5 Å². The molecule has 2 N–H and O–H groups in total. The Hall–Kier alpha value is -2.90. The van der Waals surface area contributed by atoms with E-state index in [0.29, 0.717) is 46.1 Å². The second kappa shape index (κ2) is 5.55. The number of pyridine rings is 1. The van der Waals surface area contributed by atoms with Crippen molar-refractivity contribution >= 4 is 22.4 Å². The number of nitrogens with zero attached hydrogens (tertiary/aromatic N) is 2. The average Bonchev–Trinajstić information content (AvgIpc) is 3.24. The highest BCUT2D eigenvalue weighted by Crippen LogP contribution is 2.44. The van der Waals surface area contributed by atoms with Crippen LogP contribution in [-0.4, -0.2) is 38.9 Å². The predicted molar refractivity (Wildman–Crippen MR) is 96.7 cm³/mol. The molecule has 0 spiro atoms. The van der Waals surface area contributed by atoms with Crippen molar-refractivity contribution in [1.82, 2.24) is 9.88 Å². The van der Waals surface area contributed by atoms with Crippen LogP contribution in [0.5, 0.6) is 11.5 Å². The monoisotopic (exact) mass is 366 g/mol. The molecule has 0 bridgehead atoms. The number of allylic oxidation sites excluding steroid dienone is 2. The molecule has 4 heterocycles. The SMILES string of the molecule is CC(=O)C1=C(C)C(O)N2Cc3c(nc4cc5c(cc4c3CO)OCO5)C2=C1. The number of carbonyl (C=O) groups is 1. The van der Waals surface area contributed by atoms with Gasteiger partial charge in [0.25, 0.3) is 0 Å². The highest BCUT2D eigenvalue weighted by atomic mass is 16.7. The van der Waals surface area contributed by atoms with E-state index in [1.165, 1.54) is 6.92 Å². The molecular formula is C20H18N2O5. The molecule has 7 nitrogen and oxygen atoms in total. The maximum Gasteiger partial charge on any atom is 0.231 e. The third-order valence-electron chi connectivity index (χ3n) is 5.50.